The van der Waals surface area contributed by atoms with Crippen LogP contribution >= 0.6 is 0 Å². The van der Waals surface area contributed by atoms with E-state index >= 15 is 0 Å². The van der Waals surface area contributed by atoms with Gasteiger partial charge in [0, 0.05) is 5.56 Å². The molecule has 2 rings (SSSR count). The first-order valence-electron chi connectivity index (χ1n) is 6.29. The van der Waals surface area contributed by atoms with Gasteiger partial charge in [-0.15, -0.1) is 0 Å². The van der Waals surface area contributed by atoms with E-state index in [-0.39, 0.29) is 0 Å². The molecule has 0 bridgehead atoms. The van der Waals surface area contributed by atoms with Crippen molar-refractivity contribution in [3.05, 3.63) is 47.2 Å². The summed E-state index contributed by atoms with van der Waals surface area (Å²) < 4.78 is 43.7. The van der Waals surface area contributed by atoms with Crippen molar-refractivity contribution in [2.24, 2.45) is 0 Å². The molecule has 1 aromatic carbocycles. The quantitative estimate of drug-likeness (QED) is 0.885. The van der Waals surface area contributed by atoms with Gasteiger partial charge in [-0.1, -0.05) is 13.0 Å². The highest BCUT2D eigenvalue weighted by Gasteiger charge is 2.31. The Kier molecular flexibility index (Phi) is 3.90. The minimum absolute atomic E-state index is 0.330. The Hall–Kier alpha value is -1.75. The van der Waals surface area contributed by atoms with Gasteiger partial charge in [0.1, 0.15) is 17.6 Å². The summed E-state index contributed by atoms with van der Waals surface area (Å²) in [5, 5.41) is 9.67. The Labute approximate surface area is 114 Å². The number of benzene rings is 1. The summed E-state index contributed by atoms with van der Waals surface area (Å²) in [6, 6.07) is 6.69. The lowest BCUT2D eigenvalue weighted by atomic mass is 10.0. The molecule has 0 aliphatic rings. The second-order valence-corrected chi connectivity index (χ2v) is 4.65. The molecule has 0 saturated carbocycles. The van der Waals surface area contributed by atoms with Crippen molar-refractivity contribution >= 4 is 0 Å². The fourth-order valence-electron chi connectivity index (χ4n) is 1.94. The third kappa shape index (κ3) is 2.88. The average Bonchev–Trinajstić information content (AvgIpc) is 2.86. The maximum atomic E-state index is 12.7. The number of aliphatic hydroxyl groups is 1. The summed E-state index contributed by atoms with van der Waals surface area (Å²) in [6.07, 6.45) is -4.65. The highest BCUT2D eigenvalue weighted by Crippen LogP contribution is 2.35. The molecule has 2 aromatic rings. The molecule has 1 atom stereocenters. The van der Waals surface area contributed by atoms with E-state index in [9.17, 15) is 18.3 Å². The monoisotopic (exact) mass is 284 g/mol. The van der Waals surface area contributed by atoms with Gasteiger partial charge < -0.3 is 9.52 Å². The number of furan rings is 1. The lowest BCUT2D eigenvalue weighted by Crippen LogP contribution is -2.05. The van der Waals surface area contributed by atoms with Crippen molar-refractivity contribution in [3.8, 4) is 11.3 Å². The van der Waals surface area contributed by atoms with Crippen molar-refractivity contribution in [2.45, 2.75) is 32.5 Å². The molecule has 2 nitrogen and oxygen atoms in total. The first-order chi connectivity index (χ1) is 9.32. The Morgan fingerprint density at radius 2 is 1.90 bits per heavy atom. The van der Waals surface area contributed by atoms with Crippen LogP contribution in [0.3, 0.4) is 0 Å². The molecule has 0 fully saturated rings. The molecule has 5 heteroatoms. The first-order valence-corrected chi connectivity index (χ1v) is 6.29. The van der Waals surface area contributed by atoms with Crippen LogP contribution in [0.5, 0.6) is 0 Å². The molecule has 1 N–H and O–H groups in total. The predicted octanol–water partition coefficient (Wildman–Crippen LogP) is 4.72. The summed E-state index contributed by atoms with van der Waals surface area (Å²) >= 11 is 0. The number of halogens is 3. The van der Waals surface area contributed by atoms with E-state index < -0.39 is 17.8 Å². The molecule has 1 aromatic heterocycles. The molecule has 0 saturated heterocycles. The third-order valence-corrected chi connectivity index (χ3v) is 3.17. The van der Waals surface area contributed by atoms with Crippen molar-refractivity contribution in [3.63, 3.8) is 0 Å². The lowest BCUT2D eigenvalue weighted by Gasteiger charge is -2.10. The maximum Gasteiger partial charge on any atom is 0.416 e. The predicted molar refractivity (Wildman–Crippen MR) is 69.1 cm³/mol. The zero-order chi connectivity index (χ0) is 14.9. The molecular weight excluding hydrogens is 269 g/mol. The molecule has 1 heterocycles. The highest BCUT2D eigenvalue weighted by molar-refractivity contribution is 5.63. The number of aryl methyl sites for hydroxylation is 1. The number of aliphatic hydroxyl groups excluding tert-OH is 1. The molecule has 20 heavy (non-hydrogen) atoms. The molecule has 1 unspecified atom stereocenters. The van der Waals surface area contributed by atoms with Crippen molar-refractivity contribution in [1.82, 2.24) is 0 Å². The van der Waals surface area contributed by atoms with Gasteiger partial charge in [-0.25, -0.2) is 0 Å². The fraction of sp³-hybridized carbons (Fsp3) is 0.333. The van der Waals surface area contributed by atoms with Gasteiger partial charge in [-0.3, -0.25) is 0 Å². The van der Waals surface area contributed by atoms with Crippen LogP contribution in [0.25, 0.3) is 11.3 Å². The van der Waals surface area contributed by atoms with E-state index in [4.69, 9.17) is 4.42 Å². The van der Waals surface area contributed by atoms with Gasteiger partial charge >= 0.3 is 6.18 Å². The van der Waals surface area contributed by atoms with Gasteiger partial charge in [0.05, 0.1) is 5.56 Å². The summed E-state index contributed by atoms with van der Waals surface area (Å²) in [7, 11) is 0. The summed E-state index contributed by atoms with van der Waals surface area (Å²) in [4.78, 5) is 0. The molecule has 108 valence electrons. The molecule has 0 aliphatic heterocycles. The smallest absolute Gasteiger partial charge is 0.416 e. The molecule has 0 spiro atoms. The van der Waals surface area contributed by atoms with E-state index in [0.717, 1.165) is 12.1 Å². The van der Waals surface area contributed by atoms with Crippen LogP contribution in [0.4, 0.5) is 13.2 Å². The van der Waals surface area contributed by atoms with E-state index in [1.165, 1.54) is 6.07 Å². The summed E-state index contributed by atoms with van der Waals surface area (Å²) in [5.74, 6) is 0.690. The van der Waals surface area contributed by atoms with Crippen LogP contribution in [0, 0.1) is 6.92 Å². The zero-order valence-corrected chi connectivity index (χ0v) is 11.2. The fourth-order valence-corrected chi connectivity index (χ4v) is 1.94. The van der Waals surface area contributed by atoms with Crippen LogP contribution in [0.1, 0.15) is 36.3 Å². The zero-order valence-electron chi connectivity index (χ0n) is 11.2. The minimum Gasteiger partial charge on any atom is -0.458 e. The van der Waals surface area contributed by atoms with E-state index in [2.05, 4.69) is 0 Å². The summed E-state index contributed by atoms with van der Waals surface area (Å²) in [6.45, 7) is 3.51. The number of hydrogen-bond acceptors (Lipinski definition) is 2. The lowest BCUT2D eigenvalue weighted by molar-refractivity contribution is -0.137. The van der Waals surface area contributed by atoms with Gasteiger partial charge in [-0.2, -0.15) is 13.2 Å². The van der Waals surface area contributed by atoms with Gasteiger partial charge in [0.25, 0.3) is 0 Å². The third-order valence-electron chi connectivity index (χ3n) is 3.17. The average molecular weight is 284 g/mol. The van der Waals surface area contributed by atoms with Gasteiger partial charge in [-0.05, 0) is 43.2 Å². The van der Waals surface area contributed by atoms with E-state index in [1.54, 1.807) is 26.0 Å². The Morgan fingerprint density at radius 1 is 1.20 bits per heavy atom. The van der Waals surface area contributed by atoms with Crippen LogP contribution in [-0.4, -0.2) is 5.11 Å². The number of alkyl halides is 3. The first kappa shape index (κ1) is 14.7. The minimum atomic E-state index is -4.39. The van der Waals surface area contributed by atoms with E-state index in [1.807, 2.05) is 0 Å². The number of rotatable bonds is 3. The van der Waals surface area contributed by atoms with Crippen LogP contribution in [-0.2, 0) is 6.18 Å². The van der Waals surface area contributed by atoms with Crippen molar-refractivity contribution < 1.29 is 22.7 Å². The van der Waals surface area contributed by atoms with E-state index in [0.29, 0.717) is 29.1 Å². The second kappa shape index (κ2) is 5.32. The highest BCUT2D eigenvalue weighted by atomic mass is 19.4. The Balaban J connectivity index is 2.44. The molecule has 0 aliphatic carbocycles. The summed E-state index contributed by atoms with van der Waals surface area (Å²) in [5.41, 5.74) is 0.353. The van der Waals surface area contributed by atoms with Gasteiger partial charge in [0.15, 0.2) is 0 Å². The normalized spacial score (nSPS) is 13.5. The van der Waals surface area contributed by atoms with Crippen LogP contribution in [0.15, 0.2) is 34.7 Å². The van der Waals surface area contributed by atoms with Crippen molar-refractivity contribution in [1.29, 1.82) is 0 Å². The second-order valence-electron chi connectivity index (χ2n) is 4.65. The Morgan fingerprint density at radius 3 is 2.50 bits per heavy atom. The topological polar surface area (TPSA) is 33.4 Å². The van der Waals surface area contributed by atoms with Crippen molar-refractivity contribution in [2.75, 3.05) is 0 Å². The van der Waals surface area contributed by atoms with Crippen LogP contribution < -0.4 is 0 Å². The molecular formula is C15H15F3O2. The van der Waals surface area contributed by atoms with Crippen LogP contribution in [0.2, 0.25) is 0 Å². The van der Waals surface area contributed by atoms with Gasteiger partial charge in [0.2, 0.25) is 0 Å². The Bertz CT molecular complexity index is 599. The SMILES string of the molecule is CCC(O)c1ccc(-c2cc(C(F)(F)F)ccc2C)o1. The number of hydrogen-bond donors (Lipinski definition) is 1. The molecule has 0 radical (unpaired) electrons. The largest absolute Gasteiger partial charge is 0.458 e. The molecule has 0 amide bonds. The maximum absolute atomic E-state index is 12.7. The standard InChI is InChI=1S/C15H15F3O2/c1-3-12(19)14-7-6-13(20-14)11-8-10(15(16,17)18)5-4-9(11)2/h4-8,12,19H,3H2,1-2H3.